The van der Waals surface area contributed by atoms with Crippen molar-refractivity contribution in [3.8, 4) is 0 Å². The van der Waals surface area contributed by atoms with Gasteiger partial charge >= 0.3 is 5.97 Å². The van der Waals surface area contributed by atoms with Crippen LogP contribution in [0.2, 0.25) is 0 Å². The lowest BCUT2D eigenvalue weighted by Crippen LogP contribution is -2.35. The van der Waals surface area contributed by atoms with Crippen LogP contribution in [0.5, 0.6) is 0 Å². The van der Waals surface area contributed by atoms with E-state index in [2.05, 4.69) is 4.74 Å². The summed E-state index contributed by atoms with van der Waals surface area (Å²) in [5.74, 6) is -0.562. The molecule has 0 saturated carbocycles. The number of carbonyl (C=O) groups excluding carboxylic acids is 2. The molecule has 0 spiro atoms. The number of rotatable bonds is 5. The molecule has 1 aliphatic heterocycles. The van der Waals surface area contributed by atoms with Crippen LogP contribution >= 0.6 is 0 Å². The van der Waals surface area contributed by atoms with Crippen LogP contribution in [-0.4, -0.2) is 50.2 Å². The number of hydrogen-bond donors (Lipinski definition) is 0. The molecule has 1 rings (SSSR count). The van der Waals surface area contributed by atoms with Crippen molar-refractivity contribution in [2.45, 2.75) is 32.3 Å². The number of esters is 1. The molecule has 0 aromatic rings. The number of ether oxygens (including phenoxy) is 2. The molecule has 0 aromatic carbocycles. The standard InChI is InChI=1S/C12H21NO4/c1-9(12(15)16-3)8-13(2)11(14)7-10-5-4-6-17-10/h9-10H,4-8H2,1-3H3. The molecule has 0 radical (unpaired) electrons. The predicted molar refractivity (Wildman–Crippen MR) is 62.4 cm³/mol. The van der Waals surface area contributed by atoms with E-state index in [0.717, 1.165) is 19.4 Å². The zero-order valence-electron chi connectivity index (χ0n) is 10.8. The average Bonchev–Trinajstić information content (AvgIpc) is 2.80. The second-order valence-electron chi connectivity index (χ2n) is 4.54. The van der Waals surface area contributed by atoms with Crippen molar-refractivity contribution in [1.29, 1.82) is 0 Å². The number of hydrogen-bond acceptors (Lipinski definition) is 4. The van der Waals surface area contributed by atoms with Gasteiger partial charge in [-0.05, 0) is 12.8 Å². The van der Waals surface area contributed by atoms with E-state index in [1.165, 1.54) is 7.11 Å². The lowest BCUT2D eigenvalue weighted by atomic mass is 10.1. The smallest absolute Gasteiger partial charge is 0.310 e. The van der Waals surface area contributed by atoms with Crippen molar-refractivity contribution in [1.82, 2.24) is 4.90 Å². The molecule has 5 heteroatoms. The number of carbonyl (C=O) groups is 2. The number of methoxy groups -OCH3 is 1. The zero-order chi connectivity index (χ0) is 12.8. The van der Waals surface area contributed by atoms with E-state index >= 15 is 0 Å². The van der Waals surface area contributed by atoms with Gasteiger partial charge in [-0.3, -0.25) is 9.59 Å². The fourth-order valence-electron chi connectivity index (χ4n) is 1.94. The average molecular weight is 243 g/mol. The fraction of sp³-hybridized carbons (Fsp3) is 0.833. The first-order valence-corrected chi connectivity index (χ1v) is 5.98. The topological polar surface area (TPSA) is 55.8 Å². The maximum atomic E-state index is 11.8. The summed E-state index contributed by atoms with van der Waals surface area (Å²) < 4.78 is 10.0. The maximum absolute atomic E-state index is 11.8. The highest BCUT2D eigenvalue weighted by Gasteiger charge is 2.23. The van der Waals surface area contributed by atoms with Crippen molar-refractivity contribution in [3.05, 3.63) is 0 Å². The minimum Gasteiger partial charge on any atom is -0.469 e. The SMILES string of the molecule is COC(=O)C(C)CN(C)C(=O)CC1CCCO1. The third-order valence-electron chi connectivity index (χ3n) is 3.00. The van der Waals surface area contributed by atoms with E-state index in [1.807, 2.05) is 0 Å². The van der Waals surface area contributed by atoms with Gasteiger partial charge in [-0.1, -0.05) is 6.92 Å². The first-order valence-electron chi connectivity index (χ1n) is 5.98. The molecule has 1 heterocycles. The molecule has 0 aliphatic carbocycles. The summed E-state index contributed by atoms with van der Waals surface area (Å²) >= 11 is 0. The van der Waals surface area contributed by atoms with Gasteiger partial charge in [-0.25, -0.2) is 0 Å². The van der Waals surface area contributed by atoms with E-state index in [0.29, 0.717) is 13.0 Å². The van der Waals surface area contributed by atoms with Gasteiger partial charge in [-0.15, -0.1) is 0 Å². The summed E-state index contributed by atoms with van der Waals surface area (Å²) in [7, 11) is 3.06. The van der Waals surface area contributed by atoms with E-state index < -0.39 is 0 Å². The maximum Gasteiger partial charge on any atom is 0.310 e. The summed E-state index contributed by atoms with van der Waals surface area (Å²) in [4.78, 5) is 24.6. The summed E-state index contributed by atoms with van der Waals surface area (Å²) in [5.41, 5.74) is 0. The molecule has 0 bridgehead atoms. The van der Waals surface area contributed by atoms with Crippen molar-refractivity contribution in [2.24, 2.45) is 5.92 Å². The Kier molecular flexibility index (Phi) is 5.41. The molecule has 1 fully saturated rings. The molecule has 2 unspecified atom stereocenters. The Balaban J connectivity index is 2.32. The number of amides is 1. The molecule has 1 aliphatic rings. The molecule has 17 heavy (non-hydrogen) atoms. The van der Waals surface area contributed by atoms with Gasteiger partial charge in [0.15, 0.2) is 0 Å². The van der Waals surface area contributed by atoms with Crippen molar-refractivity contribution in [2.75, 3.05) is 27.3 Å². The molecule has 0 aromatic heterocycles. The monoisotopic (exact) mass is 243 g/mol. The summed E-state index contributed by atoms with van der Waals surface area (Å²) in [6.07, 6.45) is 2.44. The van der Waals surface area contributed by atoms with Crippen LogP contribution in [0, 0.1) is 5.92 Å². The molecule has 1 amide bonds. The molecular formula is C12H21NO4. The highest BCUT2D eigenvalue weighted by Crippen LogP contribution is 2.16. The van der Waals surface area contributed by atoms with E-state index in [4.69, 9.17) is 4.74 Å². The first-order chi connectivity index (χ1) is 8.04. The lowest BCUT2D eigenvalue weighted by Gasteiger charge is -2.21. The Labute approximate surface area is 102 Å². The zero-order valence-corrected chi connectivity index (χ0v) is 10.8. The molecule has 0 N–H and O–H groups in total. The van der Waals surface area contributed by atoms with Crippen LogP contribution in [0.1, 0.15) is 26.2 Å². The van der Waals surface area contributed by atoms with Crippen molar-refractivity contribution < 1.29 is 19.1 Å². The van der Waals surface area contributed by atoms with E-state index in [-0.39, 0.29) is 23.9 Å². The molecule has 2 atom stereocenters. The van der Waals surface area contributed by atoms with Gasteiger partial charge in [0.05, 0.1) is 25.6 Å². The second kappa shape index (κ2) is 6.59. The van der Waals surface area contributed by atoms with Gasteiger partial charge in [0.1, 0.15) is 0 Å². The largest absolute Gasteiger partial charge is 0.469 e. The third-order valence-corrected chi connectivity index (χ3v) is 3.00. The van der Waals surface area contributed by atoms with Crippen LogP contribution in [0.4, 0.5) is 0 Å². The predicted octanol–water partition coefficient (Wildman–Crippen LogP) is 0.823. The fourth-order valence-corrected chi connectivity index (χ4v) is 1.94. The van der Waals surface area contributed by atoms with Crippen LogP contribution in [-0.2, 0) is 19.1 Å². The van der Waals surface area contributed by atoms with Crippen LogP contribution in [0.15, 0.2) is 0 Å². The highest BCUT2D eigenvalue weighted by atomic mass is 16.5. The minimum absolute atomic E-state index is 0.0210. The Morgan fingerprint density at radius 2 is 2.24 bits per heavy atom. The third kappa shape index (κ3) is 4.34. The van der Waals surface area contributed by atoms with Gasteiger partial charge in [0.25, 0.3) is 0 Å². The molecular weight excluding hydrogens is 222 g/mol. The Morgan fingerprint density at radius 3 is 2.76 bits per heavy atom. The van der Waals surface area contributed by atoms with Crippen LogP contribution < -0.4 is 0 Å². The normalized spacial score (nSPS) is 21.0. The van der Waals surface area contributed by atoms with Gasteiger partial charge in [0, 0.05) is 20.2 Å². The van der Waals surface area contributed by atoms with Crippen molar-refractivity contribution >= 4 is 11.9 Å². The van der Waals surface area contributed by atoms with E-state index in [1.54, 1.807) is 18.9 Å². The first kappa shape index (κ1) is 14.0. The Bertz CT molecular complexity index is 274. The highest BCUT2D eigenvalue weighted by molar-refractivity contribution is 5.78. The Morgan fingerprint density at radius 1 is 1.53 bits per heavy atom. The molecule has 98 valence electrons. The quantitative estimate of drug-likeness (QED) is 0.671. The Hall–Kier alpha value is -1.10. The lowest BCUT2D eigenvalue weighted by molar-refractivity contribution is -0.146. The number of nitrogens with zero attached hydrogens (tertiary/aromatic N) is 1. The van der Waals surface area contributed by atoms with Gasteiger partial charge < -0.3 is 14.4 Å². The summed E-state index contributed by atoms with van der Waals surface area (Å²) in [5, 5.41) is 0. The molecule has 5 nitrogen and oxygen atoms in total. The van der Waals surface area contributed by atoms with Crippen LogP contribution in [0.25, 0.3) is 0 Å². The van der Waals surface area contributed by atoms with Crippen molar-refractivity contribution in [3.63, 3.8) is 0 Å². The minimum atomic E-state index is -0.293. The van der Waals surface area contributed by atoms with Gasteiger partial charge in [-0.2, -0.15) is 0 Å². The second-order valence-corrected chi connectivity index (χ2v) is 4.54. The molecule has 1 saturated heterocycles. The van der Waals surface area contributed by atoms with Crippen LogP contribution in [0.3, 0.4) is 0 Å². The van der Waals surface area contributed by atoms with Gasteiger partial charge in [0.2, 0.25) is 5.91 Å². The van der Waals surface area contributed by atoms with E-state index in [9.17, 15) is 9.59 Å². The summed E-state index contributed by atoms with van der Waals surface area (Å²) in [6.45, 7) is 2.89. The summed E-state index contributed by atoms with van der Waals surface area (Å²) in [6, 6.07) is 0.